The molecular weight excluding hydrogens is 316 g/mol. The van der Waals surface area contributed by atoms with E-state index < -0.39 is 0 Å². The van der Waals surface area contributed by atoms with Gasteiger partial charge in [0.1, 0.15) is 17.8 Å². The quantitative estimate of drug-likeness (QED) is 0.839. The molecule has 0 aromatic carbocycles. The topological polar surface area (TPSA) is 44.8 Å². The smallest absolute Gasteiger partial charge is 0.142 e. The molecule has 0 spiro atoms. The zero-order valence-corrected chi connectivity index (χ0v) is 15.4. The number of nitrogens with one attached hydrogen (secondary N) is 1. The van der Waals surface area contributed by atoms with Gasteiger partial charge in [-0.2, -0.15) is 11.8 Å². The van der Waals surface area contributed by atoms with Crippen molar-refractivity contribution in [3.8, 4) is 0 Å². The average Bonchev–Trinajstić information content (AvgIpc) is 3.06. The molecule has 1 N–H and O–H groups in total. The Morgan fingerprint density at radius 1 is 1.12 bits per heavy atom. The van der Waals surface area contributed by atoms with Crippen LogP contribution in [0.5, 0.6) is 0 Å². The number of aromatic nitrogens is 3. The molecule has 0 unspecified atom stereocenters. The maximum atomic E-state index is 4.52. The van der Waals surface area contributed by atoms with Crippen molar-refractivity contribution in [1.29, 1.82) is 0 Å². The number of hydrogen-bond acceptors (Lipinski definition) is 4. The van der Waals surface area contributed by atoms with E-state index in [0.717, 1.165) is 28.7 Å². The van der Waals surface area contributed by atoms with Crippen molar-refractivity contribution in [1.82, 2.24) is 15.0 Å². The third kappa shape index (κ3) is 3.41. The third-order valence-corrected chi connectivity index (χ3v) is 7.27. The zero-order valence-electron chi connectivity index (χ0n) is 14.6. The predicted molar refractivity (Wildman–Crippen MR) is 103 cm³/mol. The SMILES string of the molecule is CN(c1ncnc2[nH]ccc12)[C@H]1C[C@@H](CSCC2CCCCC2)C1. The van der Waals surface area contributed by atoms with Crippen molar-refractivity contribution < 1.29 is 0 Å². The van der Waals surface area contributed by atoms with Crippen LogP contribution >= 0.6 is 11.8 Å². The van der Waals surface area contributed by atoms with Gasteiger partial charge in [-0.05, 0) is 55.1 Å². The van der Waals surface area contributed by atoms with Gasteiger partial charge in [-0.1, -0.05) is 19.3 Å². The summed E-state index contributed by atoms with van der Waals surface area (Å²) in [6, 6.07) is 2.72. The Labute approximate surface area is 148 Å². The van der Waals surface area contributed by atoms with Crippen LogP contribution in [0, 0.1) is 11.8 Å². The minimum Gasteiger partial charge on any atom is -0.356 e. The summed E-state index contributed by atoms with van der Waals surface area (Å²) in [5.41, 5.74) is 0.936. The Morgan fingerprint density at radius 3 is 2.75 bits per heavy atom. The van der Waals surface area contributed by atoms with Crippen molar-refractivity contribution in [2.75, 3.05) is 23.5 Å². The van der Waals surface area contributed by atoms with Gasteiger partial charge in [0, 0.05) is 19.3 Å². The first-order chi connectivity index (χ1) is 11.8. The van der Waals surface area contributed by atoms with Crippen molar-refractivity contribution in [3.63, 3.8) is 0 Å². The lowest BCUT2D eigenvalue weighted by atomic mass is 9.81. The van der Waals surface area contributed by atoms with Gasteiger partial charge in [-0.15, -0.1) is 0 Å². The first-order valence-corrected chi connectivity index (χ1v) is 10.6. The molecule has 2 aliphatic rings. The van der Waals surface area contributed by atoms with Gasteiger partial charge >= 0.3 is 0 Å². The maximum absolute atomic E-state index is 4.52. The summed E-state index contributed by atoms with van der Waals surface area (Å²) in [7, 11) is 2.19. The molecule has 4 nitrogen and oxygen atoms in total. The molecule has 2 fully saturated rings. The normalized spacial score (nSPS) is 24.9. The van der Waals surface area contributed by atoms with E-state index in [1.807, 2.05) is 6.20 Å². The molecule has 0 saturated heterocycles. The van der Waals surface area contributed by atoms with Gasteiger partial charge in [0.05, 0.1) is 5.39 Å². The molecule has 4 rings (SSSR count). The van der Waals surface area contributed by atoms with Crippen molar-refractivity contribution in [2.24, 2.45) is 11.8 Å². The second-order valence-corrected chi connectivity index (χ2v) is 8.66. The second-order valence-electron chi connectivity index (χ2n) is 7.58. The van der Waals surface area contributed by atoms with Crippen LogP contribution in [-0.2, 0) is 0 Å². The lowest BCUT2D eigenvalue weighted by Crippen LogP contribution is -2.44. The maximum Gasteiger partial charge on any atom is 0.142 e. The summed E-state index contributed by atoms with van der Waals surface area (Å²) >= 11 is 2.21. The Hall–Kier alpha value is -1.23. The lowest BCUT2D eigenvalue weighted by molar-refractivity contribution is 0.285. The number of fused-ring (bicyclic) bond motifs is 1. The van der Waals surface area contributed by atoms with Crippen molar-refractivity contribution >= 4 is 28.6 Å². The summed E-state index contributed by atoms with van der Waals surface area (Å²) in [5.74, 6) is 5.72. The standard InChI is InChI=1S/C19H28N4S/c1-23(19-17-7-8-20-18(17)21-13-22-19)16-9-15(10-16)12-24-11-14-5-3-2-4-6-14/h7-8,13-16H,2-6,9-12H2,1H3,(H,20,21,22)/t15-,16+. The fourth-order valence-corrected chi connectivity index (χ4v) is 5.63. The predicted octanol–water partition coefficient (Wildman–Crippen LogP) is 4.49. The van der Waals surface area contributed by atoms with Gasteiger partial charge in [0.25, 0.3) is 0 Å². The number of aromatic amines is 1. The van der Waals surface area contributed by atoms with Crippen LogP contribution in [0.2, 0.25) is 0 Å². The molecule has 0 bridgehead atoms. The van der Waals surface area contributed by atoms with Gasteiger partial charge in [0.2, 0.25) is 0 Å². The van der Waals surface area contributed by atoms with E-state index in [1.165, 1.54) is 56.5 Å². The molecular formula is C19H28N4S. The largest absolute Gasteiger partial charge is 0.356 e. The minimum atomic E-state index is 0.637. The summed E-state index contributed by atoms with van der Waals surface area (Å²) in [6.45, 7) is 0. The average molecular weight is 345 g/mol. The first-order valence-electron chi connectivity index (χ1n) is 9.40. The fourth-order valence-electron chi connectivity index (χ4n) is 4.22. The Kier molecular flexibility index (Phi) is 4.97. The van der Waals surface area contributed by atoms with Crippen molar-refractivity contribution in [3.05, 3.63) is 18.6 Å². The molecule has 0 atom stereocenters. The van der Waals surface area contributed by atoms with E-state index in [0.29, 0.717) is 6.04 Å². The van der Waals surface area contributed by atoms with Crippen LogP contribution in [0.3, 0.4) is 0 Å². The minimum absolute atomic E-state index is 0.637. The summed E-state index contributed by atoms with van der Waals surface area (Å²) < 4.78 is 0. The number of H-pyrrole nitrogens is 1. The zero-order chi connectivity index (χ0) is 16.4. The molecule has 130 valence electrons. The molecule has 2 aromatic heterocycles. The van der Waals surface area contributed by atoms with Gasteiger partial charge in [-0.3, -0.25) is 0 Å². The molecule has 2 aromatic rings. The number of anilines is 1. The van der Waals surface area contributed by atoms with E-state index in [4.69, 9.17) is 0 Å². The van der Waals surface area contributed by atoms with Gasteiger partial charge in [-0.25, -0.2) is 9.97 Å². The van der Waals surface area contributed by atoms with E-state index in [-0.39, 0.29) is 0 Å². The van der Waals surface area contributed by atoms with E-state index in [2.05, 4.69) is 44.7 Å². The Balaban J connectivity index is 1.24. The monoisotopic (exact) mass is 344 g/mol. The molecule has 2 aliphatic carbocycles. The highest BCUT2D eigenvalue weighted by Gasteiger charge is 2.33. The van der Waals surface area contributed by atoms with Crippen LogP contribution < -0.4 is 4.90 Å². The lowest BCUT2D eigenvalue weighted by Gasteiger charge is -2.42. The highest BCUT2D eigenvalue weighted by molar-refractivity contribution is 7.99. The highest BCUT2D eigenvalue weighted by atomic mass is 32.2. The van der Waals surface area contributed by atoms with Crippen LogP contribution in [0.4, 0.5) is 5.82 Å². The molecule has 0 aliphatic heterocycles. The van der Waals surface area contributed by atoms with Crippen LogP contribution in [-0.4, -0.2) is 39.5 Å². The highest BCUT2D eigenvalue weighted by Crippen LogP contribution is 2.37. The number of hydrogen-bond donors (Lipinski definition) is 1. The summed E-state index contributed by atoms with van der Waals surface area (Å²) in [4.78, 5) is 14.3. The number of nitrogens with zero attached hydrogens (tertiary/aromatic N) is 3. The summed E-state index contributed by atoms with van der Waals surface area (Å²) in [6.07, 6.45) is 13.6. The van der Waals surface area contributed by atoms with E-state index in [1.54, 1.807) is 6.33 Å². The molecule has 5 heteroatoms. The van der Waals surface area contributed by atoms with Crippen LogP contribution in [0.25, 0.3) is 11.0 Å². The number of thioether (sulfide) groups is 1. The van der Waals surface area contributed by atoms with Crippen LogP contribution in [0.1, 0.15) is 44.9 Å². The van der Waals surface area contributed by atoms with Gasteiger partial charge in [0.15, 0.2) is 0 Å². The van der Waals surface area contributed by atoms with Crippen LogP contribution in [0.15, 0.2) is 18.6 Å². The van der Waals surface area contributed by atoms with Crippen molar-refractivity contribution in [2.45, 2.75) is 51.0 Å². The fraction of sp³-hybridized carbons (Fsp3) is 0.684. The Morgan fingerprint density at radius 2 is 1.92 bits per heavy atom. The third-order valence-electron chi connectivity index (χ3n) is 5.86. The first kappa shape index (κ1) is 16.2. The number of rotatable bonds is 6. The molecule has 2 heterocycles. The Bertz CT molecular complexity index is 658. The second kappa shape index (κ2) is 7.34. The van der Waals surface area contributed by atoms with E-state index >= 15 is 0 Å². The van der Waals surface area contributed by atoms with E-state index in [9.17, 15) is 0 Å². The molecule has 0 amide bonds. The van der Waals surface area contributed by atoms with Gasteiger partial charge < -0.3 is 9.88 Å². The summed E-state index contributed by atoms with van der Waals surface area (Å²) in [5, 5.41) is 1.13. The molecule has 24 heavy (non-hydrogen) atoms. The molecule has 0 radical (unpaired) electrons. The molecule has 2 saturated carbocycles.